The molecule has 0 spiro atoms. The van der Waals surface area contributed by atoms with E-state index in [4.69, 9.17) is 4.98 Å². The Morgan fingerprint density at radius 1 is 1.00 bits per heavy atom. The van der Waals surface area contributed by atoms with Gasteiger partial charge in [0.2, 0.25) is 11.9 Å². The van der Waals surface area contributed by atoms with Gasteiger partial charge in [-0.15, -0.1) is 0 Å². The molecule has 3 aliphatic rings. The molecule has 36 heavy (non-hydrogen) atoms. The molecule has 2 aliphatic carbocycles. The van der Waals surface area contributed by atoms with Gasteiger partial charge in [-0.05, 0) is 61.6 Å². The number of rotatable bonds is 7. The minimum atomic E-state index is 0.306. The van der Waals surface area contributed by atoms with Gasteiger partial charge in [0.05, 0.1) is 11.0 Å². The molecule has 3 N–H and O–H groups in total. The second-order valence-corrected chi connectivity index (χ2v) is 10.3. The molecule has 0 radical (unpaired) electrons. The average Bonchev–Trinajstić information content (AvgIpc) is 3.83. The number of benzene rings is 1. The molecule has 9 nitrogen and oxygen atoms in total. The van der Waals surface area contributed by atoms with Crippen LogP contribution in [0.2, 0.25) is 0 Å². The Hall–Kier alpha value is -3.72. The third kappa shape index (κ3) is 4.46. The van der Waals surface area contributed by atoms with Gasteiger partial charge in [0.15, 0.2) is 0 Å². The molecule has 4 aromatic rings. The Labute approximate surface area is 209 Å². The number of hydrogen-bond donors (Lipinski definition) is 3. The summed E-state index contributed by atoms with van der Waals surface area (Å²) < 4.78 is 0. The number of aromatic amines is 2. The third-order valence-corrected chi connectivity index (χ3v) is 7.46. The smallest absolute Gasteiger partial charge is 0.225 e. The lowest BCUT2D eigenvalue weighted by molar-refractivity contribution is -0.134. The highest BCUT2D eigenvalue weighted by atomic mass is 16.2. The van der Waals surface area contributed by atoms with Crippen molar-refractivity contribution >= 4 is 28.7 Å². The summed E-state index contributed by atoms with van der Waals surface area (Å²) in [5.74, 6) is 3.64. The van der Waals surface area contributed by atoms with Gasteiger partial charge in [-0.25, -0.2) is 15.0 Å². The maximum atomic E-state index is 12.3. The molecule has 1 amide bonds. The summed E-state index contributed by atoms with van der Waals surface area (Å²) in [6.07, 6.45) is 8.45. The highest BCUT2D eigenvalue weighted by Gasteiger charge is 2.34. The SMILES string of the molecule is O=C(C1CC1)N1CCN(Cc2ccnc(Nc3nc4ccc(-c5ncc(C6CC6)[nH]5)cc4[nH]3)c2)CC1. The summed E-state index contributed by atoms with van der Waals surface area (Å²) in [6.45, 7) is 4.32. The number of nitrogens with one attached hydrogen (secondary N) is 3. The van der Waals surface area contributed by atoms with E-state index in [0.717, 1.165) is 73.8 Å². The van der Waals surface area contributed by atoms with Crippen LogP contribution in [0.1, 0.15) is 42.9 Å². The van der Waals surface area contributed by atoms with E-state index in [2.05, 4.69) is 54.4 Å². The predicted octanol–water partition coefficient (Wildman–Crippen LogP) is 4.02. The van der Waals surface area contributed by atoms with Crippen molar-refractivity contribution in [2.75, 3.05) is 31.5 Å². The lowest BCUT2D eigenvalue weighted by Crippen LogP contribution is -2.48. The summed E-state index contributed by atoms with van der Waals surface area (Å²) >= 11 is 0. The minimum Gasteiger partial charge on any atom is -0.342 e. The second-order valence-electron chi connectivity index (χ2n) is 10.3. The van der Waals surface area contributed by atoms with Gasteiger partial charge in [-0.1, -0.05) is 0 Å². The van der Waals surface area contributed by atoms with Crippen LogP contribution in [0.15, 0.2) is 42.7 Å². The topological polar surface area (TPSA) is 106 Å². The summed E-state index contributed by atoms with van der Waals surface area (Å²) in [5, 5.41) is 3.33. The van der Waals surface area contributed by atoms with Crippen molar-refractivity contribution in [1.82, 2.24) is 34.7 Å². The molecule has 1 aliphatic heterocycles. The molecular weight excluding hydrogens is 452 g/mol. The summed E-state index contributed by atoms with van der Waals surface area (Å²) in [7, 11) is 0. The number of fused-ring (bicyclic) bond motifs is 1. The number of amides is 1. The van der Waals surface area contributed by atoms with Crippen molar-refractivity contribution < 1.29 is 4.79 Å². The highest BCUT2D eigenvalue weighted by Crippen LogP contribution is 2.39. The maximum Gasteiger partial charge on any atom is 0.225 e. The van der Waals surface area contributed by atoms with Crippen molar-refractivity contribution in [2.45, 2.75) is 38.1 Å². The Kier molecular flexibility index (Phi) is 5.23. The molecule has 0 atom stereocenters. The van der Waals surface area contributed by atoms with Crippen LogP contribution in [0.5, 0.6) is 0 Å². The molecule has 0 unspecified atom stereocenters. The lowest BCUT2D eigenvalue weighted by atomic mass is 10.2. The van der Waals surface area contributed by atoms with Crippen molar-refractivity contribution in [3.63, 3.8) is 0 Å². The van der Waals surface area contributed by atoms with E-state index in [1.807, 2.05) is 23.4 Å². The largest absolute Gasteiger partial charge is 0.342 e. The van der Waals surface area contributed by atoms with Crippen LogP contribution in [0.3, 0.4) is 0 Å². The van der Waals surface area contributed by atoms with Gasteiger partial charge in [0, 0.05) is 68.2 Å². The van der Waals surface area contributed by atoms with E-state index < -0.39 is 0 Å². The van der Waals surface area contributed by atoms with Crippen LogP contribution in [-0.2, 0) is 11.3 Å². The van der Waals surface area contributed by atoms with Gasteiger partial charge in [-0.3, -0.25) is 9.69 Å². The first-order valence-corrected chi connectivity index (χ1v) is 13.0. The van der Waals surface area contributed by atoms with Gasteiger partial charge in [0.25, 0.3) is 0 Å². The van der Waals surface area contributed by atoms with E-state index in [0.29, 0.717) is 23.7 Å². The molecule has 3 fully saturated rings. The minimum absolute atomic E-state index is 0.306. The summed E-state index contributed by atoms with van der Waals surface area (Å²) in [5.41, 5.74) is 5.32. The molecule has 4 heterocycles. The molecule has 3 aromatic heterocycles. The number of hydrogen-bond acceptors (Lipinski definition) is 6. The first kappa shape index (κ1) is 21.6. The van der Waals surface area contributed by atoms with E-state index in [1.165, 1.54) is 24.1 Å². The van der Waals surface area contributed by atoms with Crippen molar-refractivity contribution in [3.05, 3.63) is 54.0 Å². The number of piperazine rings is 1. The number of nitrogens with zero attached hydrogens (tertiary/aromatic N) is 5. The Balaban J connectivity index is 1.01. The monoisotopic (exact) mass is 482 g/mol. The van der Waals surface area contributed by atoms with Crippen molar-refractivity contribution in [2.24, 2.45) is 5.92 Å². The van der Waals surface area contributed by atoms with E-state index in [9.17, 15) is 4.79 Å². The highest BCUT2D eigenvalue weighted by molar-refractivity contribution is 5.83. The predicted molar refractivity (Wildman–Crippen MR) is 138 cm³/mol. The number of anilines is 2. The zero-order valence-corrected chi connectivity index (χ0v) is 20.2. The quantitative estimate of drug-likeness (QED) is 0.367. The molecule has 184 valence electrons. The zero-order chi connectivity index (χ0) is 24.1. The maximum absolute atomic E-state index is 12.3. The molecule has 1 aromatic carbocycles. The lowest BCUT2D eigenvalue weighted by Gasteiger charge is -2.34. The summed E-state index contributed by atoms with van der Waals surface area (Å²) in [4.78, 5) is 37.3. The second kappa shape index (κ2) is 8.74. The summed E-state index contributed by atoms with van der Waals surface area (Å²) in [6, 6.07) is 10.3. The number of imidazole rings is 2. The standard InChI is InChI=1S/C27H30N8O/c36-26(19-3-4-19)35-11-9-34(10-12-35)16-17-7-8-28-24(13-17)33-27-31-21-6-5-20(14-22(21)32-27)25-29-15-23(30-25)18-1-2-18/h5-8,13-15,18-19H,1-4,9-12,16H2,(H,29,30)(H2,28,31,32,33). The van der Waals surface area contributed by atoms with Crippen LogP contribution >= 0.6 is 0 Å². The molecule has 0 bridgehead atoms. The van der Waals surface area contributed by atoms with E-state index in [1.54, 1.807) is 0 Å². The van der Waals surface area contributed by atoms with Crippen LogP contribution < -0.4 is 5.32 Å². The van der Waals surface area contributed by atoms with E-state index >= 15 is 0 Å². The van der Waals surface area contributed by atoms with Gasteiger partial charge >= 0.3 is 0 Å². The third-order valence-electron chi connectivity index (χ3n) is 7.46. The van der Waals surface area contributed by atoms with Crippen LogP contribution in [-0.4, -0.2) is 66.8 Å². The van der Waals surface area contributed by atoms with Crippen LogP contribution in [0.4, 0.5) is 11.8 Å². The normalized spacial score (nSPS) is 18.6. The Morgan fingerprint density at radius 2 is 1.86 bits per heavy atom. The molecule has 1 saturated heterocycles. The fraction of sp³-hybridized carbons (Fsp3) is 0.407. The Bertz CT molecular complexity index is 1410. The molecule has 9 heteroatoms. The van der Waals surface area contributed by atoms with Crippen molar-refractivity contribution in [1.29, 1.82) is 0 Å². The van der Waals surface area contributed by atoms with Gasteiger partial charge in [-0.2, -0.15) is 0 Å². The van der Waals surface area contributed by atoms with Gasteiger partial charge < -0.3 is 20.2 Å². The fourth-order valence-corrected chi connectivity index (χ4v) is 5.04. The Morgan fingerprint density at radius 3 is 2.67 bits per heavy atom. The number of aromatic nitrogens is 5. The first-order valence-electron chi connectivity index (χ1n) is 13.0. The van der Waals surface area contributed by atoms with E-state index in [-0.39, 0.29) is 0 Å². The number of carbonyl (C=O) groups excluding carboxylic acids is 1. The zero-order valence-electron chi connectivity index (χ0n) is 20.2. The van der Waals surface area contributed by atoms with Gasteiger partial charge in [0.1, 0.15) is 11.6 Å². The molecular formula is C27H30N8O. The number of pyridine rings is 1. The van der Waals surface area contributed by atoms with Crippen LogP contribution in [0, 0.1) is 5.92 Å². The number of H-pyrrole nitrogens is 2. The molecule has 2 saturated carbocycles. The first-order chi connectivity index (χ1) is 17.7. The van der Waals surface area contributed by atoms with Crippen molar-refractivity contribution in [3.8, 4) is 11.4 Å². The number of carbonyl (C=O) groups is 1. The molecule has 7 rings (SSSR count). The average molecular weight is 483 g/mol. The fourth-order valence-electron chi connectivity index (χ4n) is 5.04. The van der Waals surface area contributed by atoms with Crippen LogP contribution in [0.25, 0.3) is 22.4 Å².